The van der Waals surface area contributed by atoms with Crippen molar-refractivity contribution in [3.05, 3.63) is 57.8 Å². The molecule has 1 aromatic heterocycles. The number of aryl methyl sites for hydroxylation is 2. The monoisotopic (exact) mass is 361 g/mol. The molecule has 0 bridgehead atoms. The first-order valence-electron chi connectivity index (χ1n) is 6.68. The van der Waals surface area contributed by atoms with Gasteiger partial charge in [-0.1, -0.05) is 22.0 Å². The lowest BCUT2D eigenvalue weighted by molar-refractivity contribution is -0.123. The SMILES string of the molecule is Cc1cc(Br)cc(C)c1OCC(=O)N/N=C/c1cccnc1. The predicted octanol–water partition coefficient (Wildman–Crippen LogP) is 2.99. The molecule has 0 unspecified atom stereocenters. The number of benzene rings is 1. The fourth-order valence-corrected chi connectivity index (χ4v) is 2.61. The first kappa shape index (κ1) is 16.2. The third kappa shape index (κ3) is 4.66. The highest BCUT2D eigenvalue weighted by atomic mass is 79.9. The van der Waals surface area contributed by atoms with E-state index in [1.165, 1.54) is 6.21 Å². The van der Waals surface area contributed by atoms with Gasteiger partial charge < -0.3 is 4.74 Å². The maximum atomic E-state index is 11.7. The van der Waals surface area contributed by atoms with E-state index < -0.39 is 0 Å². The number of nitrogens with one attached hydrogen (secondary N) is 1. The summed E-state index contributed by atoms with van der Waals surface area (Å²) in [4.78, 5) is 15.7. The van der Waals surface area contributed by atoms with Crippen LogP contribution < -0.4 is 10.2 Å². The highest BCUT2D eigenvalue weighted by Gasteiger charge is 2.08. The molecule has 114 valence electrons. The molecule has 2 aromatic rings. The van der Waals surface area contributed by atoms with Gasteiger partial charge in [0, 0.05) is 22.4 Å². The van der Waals surface area contributed by atoms with Crippen LogP contribution in [0.4, 0.5) is 0 Å². The van der Waals surface area contributed by atoms with Crippen LogP contribution in [0.25, 0.3) is 0 Å². The molecule has 0 aliphatic rings. The van der Waals surface area contributed by atoms with Crippen molar-refractivity contribution in [3.8, 4) is 5.75 Å². The molecule has 0 saturated heterocycles. The van der Waals surface area contributed by atoms with Crippen molar-refractivity contribution in [1.29, 1.82) is 0 Å². The average molecular weight is 362 g/mol. The Bertz CT molecular complexity index is 664. The van der Waals surface area contributed by atoms with Gasteiger partial charge >= 0.3 is 0 Å². The fourth-order valence-electron chi connectivity index (χ4n) is 1.93. The van der Waals surface area contributed by atoms with E-state index in [0.29, 0.717) is 0 Å². The van der Waals surface area contributed by atoms with Gasteiger partial charge in [-0.3, -0.25) is 9.78 Å². The quantitative estimate of drug-likeness (QED) is 0.657. The Morgan fingerprint density at radius 2 is 2.14 bits per heavy atom. The van der Waals surface area contributed by atoms with Crippen molar-refractivity contribution in [2.45, 2.75) is 13.8 Å². The molecule has 0 atom stereocenters. The van der Waals surface area contributed by atoms with Crippen molar-refractivity contribution >= 4 is 28.1 Å². The van der Waals surface area contributed by atoms with E-state index >= 15 is 0 Å². The highest BCUT2D eigenvalue weighted by Crippen LogP contribution is 2.27. The van der Waals surface area contributed by atoms with Crippen LogP contribution >= 0.6 is 15.9 Å². The molecule has 1 heterocycles. The van der Waals surface area contributed by atoms with Crippen LogP contribution in [0, 0.1) is 13.8 Å². The zero-order chi connectivity index (χ0) is 15.9. The summed E-state index contributed by atoms with van der Waals surface area (Å²) in [6.45, 7) is 3.78. The van der Waals surface area contributed by atoms with E-state index in [-0.39, 0.29) is 12.5 Å². The molecule has 1 amide bonds. The van der Waals surface area contributed by atoms with Crippen molar-refractivity contribution < 1.29 is 9.53 Å². The molecule has 1 aromatic carbocycles. The van der Waals surface area contributed by atoms with E-state index in [4.69, 9.17) is 4.74 Å². The van der Waals surface area contributed by atoms with Gasteiger partial charge in [0.05, 0.1) is 6.21 Å². The van der Waals surface area contributed by atoms with Crippen LogP contribution in [0.5, 0.6) is 5.75 Å². The standard InChI is InChI=1S/C16H16BrN3O2/c1-11-6-14(17)7-12(2)16(11)22-10-15(21)20-19-9-13-4-3-5-18-8-13/h3-9H,10H2,1-2H3,(H,20,21)/b19-9+. The summed E-state index contributed by atoms with van der Waals surface area (Å²) in [5, 5.41) is 3.86. The van der Waals surface area contributed by atoms with Gasteiger partial charge in [-0.05, 0) is 43.2 Å². The molecular formula is C16H16BrN3O2. The van der Waals surface area contributed by atoms with Gasteiger partial charge in [-0.2, -0.15) is 5.10 Å². The number of halogens is 1. The first-order valence-corrected chi connectivity index (χ1v) is 7.47. The average Bonchev–Trinajstić information content (AvgIpc) is 2.47. The van der Waals surface area contributed by atoms with Gasteiger partial charge in [0.25, 0.3) is 5.91 Å². The number of amides is 1. The number of carbonyl (C=O) groups excluding carboxylic acids is 1. The fraction of sp³-hybridized carbons (Fsp3) is 0.188. The number of hydrogen-bond acceptors (Lipinski definition) is 4. The summed E-state index contributed by atoms with van der Waals surface area (Å²) in [7, 11) is 0. The Labute approximate surface area is 137 Å². The summed E-state index contributed by atoms with van der Waals surface area (Å²) in [6, 6.07) is 7.53. The number of pyridine rings is 1. The lowest BCUT2D eigenvalue weighted by Gasteiger charge is -2.11. The Morgan fingerprint density at radius 1 is 1.41 bits per heavy atom. The van der Waals surface area contributed by atoms with Gasteiger partial charge in [-0.25, -0.2) is 5.43 Å². The predicted molar refractivity (Wildman–Crippen MR) is 89.1 cm³/mol. The lowest BCUT2D eigenvalue weighted by Crippen LogP contribution is -2.25. The minimum absolute atomic E-state index is 0.0896. The minimum Gasteiger partial charge on any atom is -0.483 e. The van der Waals surface area contributed by atoms with Crippen LogP contribution in [0.3, 0.4) is 0 Å². The summed E-state index contributed by atoms with van der Waals surface area (Å²) in [5.74, 6) is 0.399. The van der Waals surface area contributed by atoms with Crippen LogP contribution in [0.2, 0.25) is 0 Å². The second-order valence-corrected chi connectivity index (χ2v) is 5.65. The molecule has 5 nitrogen and oxygen atoms in total. The largest absolute Gasteiger partial charge is 0.483 e. The number of ether oxygens (including phenoxy) is 1. The van der Waals surface area contributed by atoms with Crippen molar-refractivity contribution in [3.63, 3.8) is 0 Å². The number of nitrogens with zero attached hydrogens (tertiary/aromatic N) is 2. The lowest BCUT2D eigenvalue weighted by atomic mass is 10.1. The topological polar surface area (TPSA) is 63.6 Å². The Hall–Kier alpha value is -2.21. The smallest absolute Gasteiger partial charge is 0.277 e. The number of hydrogen-bond donors (Lipinski definition) is 1. The van der Waals surface area contributed by atoms with Crippen LogP contribution in [-0.2, 0) is 4.79 Å². The molecule has 1 N–H and O–H groups in total. The van der Waals surface area contributed by atoms with Gasteiger partial charge in [0.1, 0.15) is 5.75 Å². The van der Waals surface area contributed by atoms with Crippen LogP contribution in [0.1, 0.15) is 16.7 Å². The molecule has 22 heavy (non-hydrogen) atoms. The number of carbonyl (C=O) groups is 1. The van der Waals surface area contributed by atoms with Crippen molar-refractivity contribution in [2.75, 3.05) is 6.61 Å². The third-order valence-electron chi connectivity index (χ3n) is 2.86. The normalized spacial score (nSPS) is 10.7. The number of rotatable bonds is 5. The number of hydrazone groups is 1. The van der Waals surface area contributed by atoms with Crippen LogP contribution in [0.15, 0.2) is 46.2 Å². The Kier molecular flexibility index (Phi) is 5.66. The van der Waals surface area contributed by atoms with E-state index in [9.17, 15) is 4.79 Å². The Balaban J connectivity index is 1.87. The minimum atomic E-state index is -0.318. The van der Waals surface area contributed by atoms with E-state index in [1.807, 2.05) is 32.0 Å². The second kappa shape index (κ2) is 7.70. The summed E-state index contributed by atoms with van der Waals surface area (Å²) < 4.78 is 6.55. The molecule has 6 heteroatoms. The molecule has 0 radical (unpaired) electrons. The van der Waals surface area contributed by atoms with E-state index in [1.54, 1.807) is 18.5 Å². The maximum absolute atomic E-state index is 11.7. The molecule has 2 rings (SSSR count). The van der Waals surface area contributed by atoms with Gasteiger partial charge in [0.15, 0.2) is 6.61 Å². The first-order chi connectivity index (χ1) is 10.6. The van der Waals surface area contributed by atoms with Crippen molar-refractivity contribution in [1.82, 2.24) is 10.4 Å². The maximum Gasteiger partial charge on any atom is 0.277 e. The second-order valence-electron chi connectivity index (χ2n) is 4.74. The van der Waals surface area contributed by atoms with E-state index in [0.717, 1.165) is 26.9 Å². The van der Waals surface area contributed by atoms with Crippen molar-refractivity contribution in [2.24, 2.45) is 5.10 Å². The molecule has 0 saturated carbocycles. The third-order valence-corrected chi connectivity index (χ3v) is 3.32. The van der Waals surface area contributed by atoms with Gasteiger partial charge in [0.2, 0.25) is 0 Å². The zero-order valence-electron chi connectivity index (χ0n) is 12.3. The molecule has 0 fully saturated rings. The van der Waals surface area contributed by atoms with E-state index in [2.05, 4.69) is 31.4 Å². The van der Waals surface area contributed by atoms with Crippen LogP contribution in [-0.4, -0.2) is 23.7 Å². The summed E-state index contributed by atoms with van der Waals surface area (Å²) in [5.41, 5.74) is 5.17. The summed E-state index contributed by atoms with van der Waals surface area (Å²) in [6.07, 6.45) is 4.86. The Morgan fingerprint density at radius 3 is 2.77 bits per heavy atom. The molecular weight excluding hydrogens is 346 g/mol. The zero-order valence-corrected chi connectivity index (χ0v) is 13.9. The highest BCUT2D eigenvalue weighted by molar-refractivity contribution is 9.10. The van der Waals surface area contributed by atoms with Gasteiger partial charge in [-0.15, -0.1) is 0 Å². The molecule has 0 aliphatic carbocycles. The molecule has 0 aliphatic heterocycles. The summed E-state index contributed by atoms with van der Waals surface area (Å²) >= 11 is 3.42. The molecule has 0 spiro atoms. The number of aromatic nitrogens is 1.